The molecule has 0 spiro atoms. The molecule has 1 amide bonds. The molecule has 4 nitrogen and oxygen atoms in total. The van der Waals surface area contributed by atoms with Crippen LogP contribution in [0.1, 0.15) is 30.2 Å². The normalized spacial score (nSPS) is 10.5. The predicted molar refractivity (Wildman–Crippen MR) is 106 cm³/mol. The van der Waals surface area contributed by atoms with Crippen LogP contribution < -0.4 is 0 Å². The highest BCUT2D eigenvalue weighted by Gasteiger charge is 2.16. The van der Waals surface area contributed by atoms with E-state index >= 15 is 0 Å². The topological polar surface area (TPSA) is 57.0 Å². The Bertz CT molecular complexity index is 892. The Kier molecular flexibility index (Phi) is 6.16. The number of benzene rings is 1. The molecule has 0 fully saturated rings. The van der Waals surface area contributed by atoms with E-state index in [2.05, 4.69) is 18.0 Å². The molecule has 0 aliphatic heterocycles. The standard InChI is InChI=1S/C20H19N3OS2/c1-2-9-23(13-16-7-5-15(12-21)6-8-16)19(24)11-17-14-26-20(22-17)18-4-3-10-25-18/h3-8,10,14H,2,9,11,13H2,1H3. The van der Waals surface area contributed by atoms with Gasteiger partial charge in [0.05, 0.1) is 28.6 Å². The zero-order valence-electron chi connectivity index (χ0n) is 14.5. The molecule has 2 heterocycles. The molecule has 26 heavy (non-hydrogen) atoms. The van der Waals surface area contributed by atoms with Crippen molar-refractivity contribution in [2.75, 3.05) is 6.54 Å². The largest absolute Gasteiger partial charge is 0.338 e. The SMILES string of the molecule is CCCN(Cc1ccc(C#N)cc1)C(=O)Cc1csc(-c2cccs2)n1. The van der Waals surface area contributed by atoms with Crippen molar-refractivity contribution in [2.24, 2.45) is 0 Å². The lowest BCUT2D eigenvalue weighted by Crippen LogP contribution is -2.32. The number of nitrogens with zero attached hydrogens (tertiary/aromatic N) is 3. The molecule has 2 aromatic heterocycles. The highest BCUT2D eigenvalue weighted by Crippen LogP contribution is 2.28. The highest BCUT2D eigenvalue weighted by molar-refractivity contribution is 7.20. The molecule has 132 valence electrons. The fraction of sp³-hybridized carbons (Fsp3) is 0.250. The average molecular weight is 382 g/mol. The maximum absolute atomic E-state index is 12.8. The van der Waals surface area contributed by atoms with Crippen LogP contribution in [0.4, 0.5) is 0 Å². The molecule has 0 bridgehead atoms. The van der Waals surface area contributed by atoms with E-state index in [1.165, 1.54) is 0 Å². The van der Waals surface area contributed by atoms with Crippen molar-refractivity contribution in [3.05, 3.63) is 64.0 Å². The van der Waals surface area contributed by atoms with Crippen LogP contribution in [0.2, 0.25) is 0 Å². The van der Waals surface area contributed by atoms with Crippen LogP contribution in [-0.2, 0) is 17.8 Å². The summed E-state index contributed by atoms with van der Waals surface area (Å²) in [5.74, 6) is 0.0826. The van der Waals surface area contributed by atoms with Gasteiger partial charge in [-0.2, -0.15) is 5.26 Å². The van der Waals surface area contributed by atoms with Crippen LogP contribution in [0.25, 0.3) is 9.88 Å². The molecule has 0 atom stereocenters. The number of hydrogen-bond donors (Lipinski definition) is 0. The lowest BCUT2D eigenvalue weighted by molar-refractivity contribution is -0.131. The average Bonchev–Trinajstić information content (AvgIpc) is 3.33. The summed E-state index contributed by atoms with van der Waals surface area (Å²) >= 11 is 3.24. The van der Waals surface area contributed by atoms with Gasteiger partial charge in [-0.05, 0) is 35.6 Å². The molecule has 0 radical (unpaired) electrons. The molecule has 0 aliphatic carbocycles. The molecule has 6 heteroatoms. The van der Waals surface area contributed by atoms with Crippen LogP contribution >= 0.6 is 22.7 Å². The minimum Gasteiger partial charge on any atom is -0.338 e. The van der Waals surface area contributed by atoms with Crippen molar-refractivity contribution in [1.29, 1.82) is 5.26 Å². The van der Waals surface area contributed by atoms with Gasteiger partial charge in [0.1, 0.15) is 5.01 Å². The van der Waals surface area contributed by atoms with Crippen LogP contribution in [0.15, 0.2) is 47.2 Å². The van der Waals surface area contributed by atoms with Gasteiger partial charge in [-0.15, -0.1) is 22.7 Å². The summed E-state index contributed by atoms with van der Waals surface area (Å²) < 4.78 is 0. The smallest absolute Gasteiger partial charge is 0.228 e. The molecule has 0 saturated heterocycles. The second kappa shape index (κ2) is 8.75. The lowest BCUT2D eigenvalue weighted by Gasteiger charge is -2.22. The molecule has 1 aromatic carbocycles. The molecule has 0 aliphatic rings. The van der Waals surface area contributed by atoms with Crippen LogP contribution in [0.3, 0.4) is 0 Å². The number of nitriles is 1. The molecule has 0 unspecified atom stereocenters. The second-order valence-electron chi connectivity index (χ2n) is 5.92. The Balaban J connectivity index is 1.67. The number of aromatic nitrogens is 1. The Morgan fingerprint density at radius 1 is 1.23 bits per heavy atom. The molecule has 0 saturated carbocycles. The minimum absolute atomic E-state index is 0.0826. The summed E-state index contributed by atoms with van der Waals surface area (Å²) in [6.07, 6.45) is 1.22. The lowest BCUT2D eigenvalue weighted by atomic mass is 10.1. The predicted octanol–water partition coefficient (Wildman–Crippen LogP) is 4.72. The van der Waals surface area contributed by atoms with Gasteiger partial charge in [0.15, 0.2) is 0 Å². The van der Waals surface area contributed by atoms with Gasteiger partial charge in [-0.3, -0.25) is 4.79 Å². The van der Waals surface area contributed by atoms with Gasteiger partial charge in [-0.25, -0.2) is 4.98 Å². The maximum atomic E-state index is 12.8. The number of carbonyl (C=O) groups excluding carboxylic acids is 1. The van der Waals surface area contributed by atoms with Crippen molar-refractivity contribution in [3.8, 4) is 16.0 Å². The number of thiazole rings is 1. The Labute approximate surface area is 161 Å². The van der Waals surface area contributed by atoms with E-state index in [4.69, 9.17) is 5.26 Å². The summed E-state index contributed by atoms with van der Waals surface area (Å²) in [4.78, 5) is 20.4. The highest BCUT2D eigenvalue weighted by atomic mass is 32.1. The van der Waals surface area contributed by atoms with Gasteiger partial charge in [0, 0.05) is 18.5 Å². The molecule has 0 N–H and O–H groups in total. The van der Waals surface area contributed by atoms with Crippen molar-refractivity contribution in [1.82, 2.24) is 9.88 Å². The molecular formula is C20H19N3OS2. The van der Waals surface area contributed by atoms with E-state index in [-0.39, 0.29) is 5.91 Å². The Hall–Kier alpha value is -2.49. The number of carbonyl (C=O) groups is 1. The number of rotatable bonds is 7. The zero-order chi connectivity index (χ0) is 18.4. The molecular weight excluding hydrogens is 362 g/mol. The van der Waals surface area contributed by atoms with E-state index < -0.39 is 0 Å². The van der Waals surface area contributed by atoms with E-state index in [9.17, 15) is 4.79 Å². The quantitative estimate of drug-likeness (QED) is 0.595. The summed E-state index contributed by atoms with van der Waals surface area (Å²) in [7, 11) is 0. The van der Waals surface area contributed by atoms with Crippen molar-refractivity contribution in [3.63, 3.8) is 0 Å². The summed E-state index contributed by atoms with van der Waals surface area (Å²) in [6, 6.07) is 13.6. The van der Waals surface area contributed by atoms with Gasteiger partial charge >= 0.3 is 0 Å². The van der Waals surface area contributed by atoms with Gasteiger partial charge in [-0.1, -0.05) is 25.1 Å². The first-order chi connectivity index (χ1) is 12.7. The Morgan fingerprint density at radius 2 is 2.04 bits per heavy atom. The fourth-order valence-corrected chi connectivity index (χ4v) is 4.27. The monoisotopic (exact) mass is 381 g/mol. The number of hydrogen-bond acceptors (Lipinski definition) is 5. The number of amides is 1. The first-order valence-corrected chi connectivity index (χ1v) is 10.2. The van der Waals surface area contributed by atoms with Crippen molar-refractivity contribution in [2.45, 2.75) is 26.3 Å². The first kappa shape index (κ1) is 18.3. The molecule has 3 aromatic rings. The first-order valence-electron chi connectivity index (χ1n) is 8.44. The maximum Gasteiger partial charge on any atom is 0.228 e. The van der Waals surface area contributed by atoms with E-state index in [1.807, 2.05) is 39.9 Å². The van der Waals surface area contributed by atoms with Crippen LogP contribution in [0.5, 0.6) is 0 Å². The second-order valence-corrected chi connectivity index (χ2v) is 7.73. The zero-order valence-corrected chi connectivity index (χ0v) is 16.1. The van der Waals surface area contributed by atoms with Gasteiger partial charge < -0.3 is 4.90 Å². The fourth-order valence-electron chi connectivity index (χ4n) is 2.64. The van der Waals surface area contributed by atoms with Crippen LogP contribution in [0, 0.1) is 11.3 Å². The van der Waals surface area contributed by atoms with Crippen molar-refractivity contribution >= 4 is 28.6 Å². The third kappa shape index (κ3) is 4.57. The van der Waals surface area contributed by atoms with Crippen molar-refractivity contribution < 1.29 is 4.79 Å². The van der Waals surface area contributed by atoms with Gasteiger partial charge in [0.2, 0.25) is 5.91 Å². The summed E-state index contributed by atoms with van der Waals surface area (Å²) in [5, 5.41) is 13.9. The minimum atomic E-state index is 0.0826. The van der Waals surface area contributed by atoms with Crippen LogP contribution in [-0.4, -0.2) is 22.3 Å². The van der Waals surface area contributed by atoms with E-state index in [1.54, 1.807) is 34.8 Å². The molecule has 3 rings (SSSR count). The summed E-state index contributed by atoms with van der Waals surface area (Å²) in [6.45, 7) is 3.33. The Morgan fingerprint density at radius 3 is 2.69 bits per heavy atom. The van der Waals surface area contributed by atoms with E-state index in [0.717, 1.165) is 27.6 Å². The number of thiophene rings is 1. The van der Waals surface area contributed by atoms with Gasteiger partial charge in [0.25, 0.3) is 0 Å². The third-order valence-electron chi connectivity index (χ3n) is 3.92. The summed E-state index contributed by atoms with van der Waals surface area (Å²) in [5.41, 5.74) is 2.48. The van der Waals surface area contributed by atoms with E-state index in [0.29, 0.717) is 25.1 Å². The third-order valence-corrected chi connectivity index (χ3v) is 5.85.